The van der Waals surface area contributed by atoms with Gasteiger partial charge in [0.2, 0.25) is 0 Å². The van der Waals surface area contributed by atoms with Gasteiger partial charge in [0, 0.05) is 54.0 Å². The molecule has 0 unspecified atom stereocenters. The highest BCUT2D eigenvalue weighted by atomic mass is 79.9. The molecule has 5 nitrogen and oxygen atoms in total. The second-order valence-electron chi connectivity index (χ2n) is 25.8. The normalized spacial score (nSPS) is 11.8. The summed E-state index contributed by atoms with van der Waals surface area (Å²) in [5.41, 5.74) is 2.78. The Kier molecular flexibility index (Phi) is 24.6. The van der Waals surface area contributed by atoms with Crippen molar-refractivity contribution in [1.29, 1.82) is 0 Å². The van der Waals surface area contributed by atoms with E-state index in [0.717, 1.165) is 81.3 Å². The number of halogens is 2. The first kappa shape index (κ1) is 76.3. The molecule has 1 aliphatic heterocycles. The Morgan fingerprint density at radius 1 is 0.243 bits per heavy atom. The van der Waals surface area contributed by atoms with Crippen molar-refractivity contribution < 1.29 is 23.9 Å². The zero-order chi connectivity index (χ0) is 71.0. The first-order valence-corrected chi connectivity index (χ1v) is 39.9. The van der Waals surface area contributed by atoms with Gasteiger partial charge in [-0.2, -0.15) is 0 Å². The molecule has 0 aliphatic carbocycles. The first-order chi connectivity index (χ1) is 51.0. The Morgan fingerprint density at radius 2 is 0.477 bits per heavy atom. The van der Waals surface area contributed by atoms with Gasteiger partial charge in [0.05, 0.1) is 0 Å². The molecule has 0 spiro atoms. The van der Waals surface area contributed by atoms with E-state index in [4.69, 9.17) is 4.74 Å². The summed E-state index contributed by atoms with van der Waals surface area (Å²) in [5.74, 6) is 0. The van der Waals surface area contributed by atoms with Crippen molar-refractivity contribution in [3.8, 4) is 11.1 Å². The molecule has 0 amide bonds. The lowest BCUT2D eigenvalue weighted by Gasteiger charge is -2.20. The van der Waals surface area contributed by atoms with E-state index < -0.39 is 21.4 Å². The van der Waals surface area contributed by atoms with Crippen LogP contribution in [0.2, 0.25) is 0 Å². The zero-order valence-corrected chi connectivity index (χ0v) is 61.9. The summed E-state index contributed by atoms with van der Waals surface area (Å²) in [6.45, 7) is 2.00. The van der Waals surface area contributed by atoms with Gasteiger partial charge in [-0.1, -0.05) is 382 Å². The summed E-state index contributed by atoms with van der Waals surface area (Å²) in [5, 5.41) is 46.4. The van der Waals surface area contributed by atoms with Crippen molar-refractivity contribution in [3.63, 3.8) is 0 Å². The second-order valence-corrected chi connectivity index (χ2v) is 33.2. The Labute approximate surface area is 645 Å². The van der Waals surface area contributed by atoms with E-state index in [1.807, 2.05) is 194 Å². The molecule has 0 atom stereocenters. The number of ether oxygens (including phenoxy) is 1. The topological polar surface area (TPSA) is 83.8 Å². The van der Waals surface area contributed by atoms with Crippen LogP contribution in [0.1, 0.15) is 35.1 Å². The lowest BCUT2D eigenvalue weighted by molar-refractivity contribution is 0.198. The van der Waals surface area contributed by atoms with Crippen LogP contribution in [-0.2, 0) is 13.9 Å². The molecule has 2 N–H and O–H groups in total. The van der Waals surface area contributed by atoms with Crippen LogP contribution in [0.4, 0.5) is 0 Å². The summed E-state index contributed by atoms with van der Waals surface area (Å²) in [6.07, 6.45) is 2.56. The highest BCUT2D eigenvalue weighted by molar-refractivity contribution is 9.10. The van der Waals surface area contributed by atoms with E-state index in [-0.39, 0.29) is 22.3 Å². The molecule has 1 fully saturated rings. The molecule has 1 aliphatic rings. The highest BCUT2D eigenvalue weighted by Gasteiger charge is 2.31. The Hall–Kier alpha value is -10.3. The van der Waals surface area contributed by atoms with E-state index in [2.05, 4.69) is 202 Å². The van der Waals surface area contributed by atoms with Gasteiger partial charge in [-0.3, -0.25) is 0 Å². The maximum atomic E-state index is 14.7. The van der Waals surface area contributed by atoms with Crippen LogP contribution in [0.5, 0.6) is 0 Å². The Balaban J connectivity index is 0.000000135. The quantitative estimate of drug-likeness (QED) is 0.0900. The van der Waals surface area contributed by atoms with Gasteiger partial charge in [0.1, 0.15) is 0 Å². The summed E-state index contributed by atoms with van der Waals surface area (Å²) in [7, 11) is -7.25. The van der Waals surface area contributed by atoms with Crippen LogP contribution >= 0.6 is 46.1 Å². The molecule has 107 heavy (non-hydrogen) atoms. The van der Waals surface area contributed by atoms with Crippen molar-refractivity contribution in [2.24, 2.45) is 0 Å². The third kappa shape index (κ3) is 15.6. The predicted octanol–water partition coefficient (Wildman–Crippen LogP) is 24.0. The fourth-order valence-electron chi connectivity index (χ4n) is 14.5. The number of benzene rings is 18. The van der Waals surface area contributed by atoms with Gasteiger partial charge in [0.25, 0.3) is 0 Å². The van der Waals surface area contributed by atoms with E-state index in [9.17, 15) is 19.2 Å². The third-order valence-electron chi connectivity index (χ3n) is 19.6. The molecule has 18 aromatic carbocycles. The zero-order valence-electron chi connectivity index (χ0n) is 56.9. The molecule has 1 heterocycles. The summed E-state index contributed by atoms with van der Waals surface area (Å²) in [4.78, 5) is 0. The van der Waals surface area contributed by atoms with Crippen molar-refractivity contribution in [1.82, 2.24) is 0 Å². The second kappa shape index (κ2) is 34.5. The average molecular weight is 1560 g/mol. The van der Waals surface area contributed by atoms with Crippen LogP contribution in [0.25, 0.3) is 108 Å². The maximum Gasteiger partial charge on any atom is 0.488 e. The molecular formula is C97H83BBr2O5P2. The van der Waals surface area contributed by atoms with E-state index >= 15 is 0 Å². The predicted molar refractivity (Wildman–Crippen MR) is 473 cm³/mol. The van der Waals surface area contributed by atoms with E-state index in [0.29, 0.717) is 5.46 Å². The standard InChI is InChI=1S/C36H25OP.C18H13BO2.C18H14BrOP.C18H11Br.C4H8O.3CH4/c37-38(28-11-3-1-4-12-28,29-13-5-2-6-14-29)30-22-19-26(20-23-30)27-21-24-35-33-17-8-7-15-31(33)32-16-9-10-18-34(32)36(35)25-27;20-19(21)12-9-10-17-15-7-2-1-5-13(15)14-6-3-4-8-16(14)18(17)11-12;19-15-11-13-18(14-12-15)21(20,16-7-3-1-4-8-16)17-9-5-2-6-10-17;19-12-9-10-17-15-7-2-1-5-13(15)14-6-3-4-8-16(14)18(17)11-12;1-2-4-5-3-1;;;/h1-25H;1-11,20-21H;1-14H;1-11H;1-4H2;3*1H4. The molecule has 528 valence electrons. The highest BCUT2D eigenvalue weighted by Crippen LogP contribution is 2.45. The minimum atomic E-state index is -2.99. The van der Waals surface area contributed by atoms with Crippen molar-refractivity contribution in [3.05, 3.63) is 379 Å². The molecule has 0 aromatic heterocycles. The molecule has 0 bridgehead atoms. The van der Waals surface area contributed by atoms with Crippen molar-refractivity contribution in [2.75, 3.05) is 13.2 Å². The monoisotopic (exact) mass is 1560 g/mol. The molecule has 0 saturated carbocycles. The smallest absolute Gasteiger partial charge is 0.423 e. The van der Waals surface area contributed by atoms with E-state index in [1.165, 1.54) is 93.6 Å². The van der Waals surface area contributed by atoms with Crippen LogP contribution in [0.3, 0.4) is 0 Å². The van der Waals surface area contributed by atoms with Gasteiger partial charge in [-0.05, 0) is 169 Å². The molecule has 1 saturated heterocycles. The Bertz CT molecular complexity index is 6000. The van der Waals surface area contributed by atoms with Crippen LogP contribution in [0.15, 0.2) is 379 Å². The summed E-state index contributed by atoms with van der Waals surface area (Å²) >= 11 is 7.02. The van der Waals surface area contributed by atoms with Crippen LogP contribution in [-0.4, -0.2) is 30.4 Å². The number of fused-ring (bicyclic) bond motifs is 18. The SMILES string of the molecule is Brc1ccc2c3ccccc3c3ccccc3c2c1.C.C.C.C1CCOC1.O=P(c1ccccc1)(c1ccccc1)c1ccc(-c2ccc3c4ccccc4c4ccccc4c3c2)cc1.O=P(c1ccccc1)(c1ccccc1)c1ccc(Br)cc1.OB(O)c1ccc2c3ccccc3c3ccccc3c2c1. The van der Waals surface area contributed by atoms with Gasteiger partial charge in [-0.25, -0.2) is 0 Å². The van der Waals surface area contributed by atoms with Gasteiger partial charge in [-0.15, -0.1) is 0 Å². The summed E-state index contributed by atoms with van der Waals surface area (Å²) < 4.78 is 35.7. The molecule has 0 radical (unpaired) electrons. The number of hydrogen-bond donors (Lipinski definition) is 2. The molecule has 10 heteroatoms. The largest absolute Gasteiger partial charge is 0.488 e. The average Bonchev–Trinajstić information content (AvgIpc) is 1.64. The molecule has 18 aromatic rings. The molecule has 19 rings (SSSR count). The minimum absolute atomic E-state index is 0. The summed E-state index contributed by atoms with van der Waals surface area (Å²) in [6, 6.07) is 125. The van der Waals surface area contributed by atoms with E-state index in [1.54, 1.807) is 6.07 Å². The lowest BCUT2D eigenvalue weighted by atomic mass is 9.78. The fraction of sp³-hybridized carbons (Fsp3) is 0.0722. The van der Waals surface area contributed by atoms with Crippen LogP contribution in [0, 0.1) is 0 Å². The fourth-order valence-corrected chi connectivity index (χ4v) is 20.4. The molecular weight excluding hydrogens is 1480 g/mol. The number of hydrogen-bond acceptors (Lipinski definition) is 5. The van der Waals surface area contributed by atoms with Gasteiger partial charge >= 0.3 is 7.12 Å². The van der Waals surface area contributed by atoms with Crippen molar-refractivity contribution >= 4 is 188 Å². The number of rotatable bonds is 8. The van der Waals surface area contributed by atoms with Gasteiger partial charge in [0.15, 0.2) is 14.3 Å². The first-order valence-electron chi connectivity index (χ1n) is 34.9. The third-order valence-corrected chi connectivity index (χ3v) is 26.8. The Morgan fingerprint density at radius 3 is 0.785 bits per heavy atom. The maximum absolute atomic E-state index is 14.7. The lowest BCUT2D eigenvalue weighted by Crippen LogP contribution is -2.29. The van der Waals surface area contributed by atoms with Crippen molar-refractivity contribution in [2.45, 2.75) is 35.1 Å². The van der Waals surface area contributed by atoms with Crippen LogP contribution < -0.4 is 37.3 Å². The minimum Gasteiger partial charge on any atom is -0.423 e. The van der Waals surface area contributed by atoms with Gasteiger partial charge < -0.3 is 23.9 Å².